The minimum Gasteiger partial charge on any atom is -0.395 e. The number of aliphatic hydroxyl groups is 1. The van der Waals surface area contributed by atoms with Crippen LogP contribution in [0.25, 0.3) is 0 Å². The van der Waals surface area contributed by atoms with Crippen molar-refractivity contribution in [3.63, 3.8) is 0 Å². The normalized spacial score (nSPS) is 13.4. The molecule has 15 heavy (non-hydrogen) atoms. The number of aliphatic hydroxyl groups excluding tert-OH is 1. The Morgan fingerprint density at radius 3 is 2.73 bits per heavy atom. The van der Waals surface area contributed by atoms with Crippen molar-refractivity contribution < 1.29 is 5.11 Å². The van der Waals surface area contributed by atoms with Crippen molar-refractivity contribution >= 4 is 27.3 Å². The van der Waals surface area contributed by atoms with Gasteiger partial charge in [0.2, 0.25) is 0 Å². The van der Waals surface area contributed by atoms with Crippen LogP contribution in [0.15, 0.2) is 15.9 Å². The molecule has 1 heterocycles. The molecular weight excluding hydrogens is 274 g/mol. The van der Waals surface area contributed by atoms with Crippen molar-refractivity contribution in [1.82, 2.24) is 5.32 Å². The summed E-state index contributed by atoms with van der Waals surface area (Å²) in [6, 6.07) is 2.26. The maximum atomic E-state index is 9.20. The number of rotatable bonds is 6. The topological polar surface area (TPSA) is 32.3 Å². The van der Waals surface area contributed by atoms with Gasteiger partial charge >= 0.3 is 0 Å². The van der Waals surface area contributed by atoms with Crippen LogP contribution in [0.5, 0.6) is 0 Å². The van der Waals surface area contributed by atoms with Crippen molar-refractivity contribution in [1.29, 1.82) is 0 Å². The van der Waals surface area contributed by atoms with E-state index in [1.54, 1.807) is 11.3 Å². The van der Waals surface area contributed by atoms with Crippen molar-refractivity contribution in [2.45, 2.75) is 32.9 Å². The molecule has 1 aromatic heterocycles. The summed E-state index contributed by atoms with van der Waals surface area (Å²) in [6.45, 7) is 5.38. The van der Waals surface area contributed by atoms with E-state index in [1.807, 2.05) is 0 Å². The summed E-state index contributed by atoms with van der Waals surface area (Å²) in [7, 11) is 0. The summed E-state index contributed by atoms with van der Waals surface area (Å²) < 4.78 is 1.15. The highest BCUT2D eigenvalue weighted by Crippen LogP contribution is 2.22. The average molecular weight is 292 g/mol. The van der Waals surface area contributed by atoms with Gasteiger partial charge in [-0.2, -0.15) is 0 Å². The SMILES string of the molecule is CC(C)C[C@H](CO)NCc1sccc1Br. The molecule has 0 spiro atoms. The number of nitrogens with one attached hydrogen (secondary N) is 1. The molecule has 0 bridgehead atoms. The monoisotopic (exact) mass is 291 g/mol. The van der Waals surface area contributed by atoms with E-state index >= 15 is 0 Å². The van der Waals surface area contributed by atoms with Crippen LogP contribution in [0.3, 0.4) is 0 Å². The van der Waals surface area contributed by atoms with Crippen LogP contribution in [0.2, 0.25) is 0 Å². The molecule has 0 amide bonds. The van der Waals surface area contributed by atoms with Gasteiger partial charge in [0.1, 0.15) is 0 Å². The zero-order chi connectivity index (χ0) is 11.3. The van der Waals surface area contributed by atoms with Crippen LogP contribution in [-0.2, 0) is 6.54 Å². The van der Waals surface area contributed by atoms with Gasteiger partial charge in [0, 0.05) is 21.9 Å². The van der Waals surface area contributed by atoms with Gasteiger partial charge < -0.3 is 10.4 Å². The van der Waals surface area contributed by atoms with Crippen LogP contribution in [-0.4, -0.2) is 17.8 Å². The predicted octanol–water partition coefficient (Wildman–Crippen LogP) is 3.01. The summed E-state index contributed by atoms with van der Waals surface area (Å²) in [6.07, 6.45) is 1.01. The smallest absolute Gasteiger partial charge is 0.0584 e. The van der Waals surface area contributed by atoms with Crippen molar-refractivity contribution in [2.75, 3.05) is 6.61 Å². The summed E-state index contributed by atoms with van der Waals surface area (Å²) in [5.74, 6) is 0.612. The van der Waals surface area contributed by atoms with Gasteiger partial charge in [-0.1, -0.05) is 13.8 Å². The number of hydrogen-bond acceptors (Lipinski definition) is 3. The molecule has 0 radical (unpaired) electrons. The fraction of sp³-hybridized carbons (Fsp3) is 0.636. The first kappa shape index (κ1) is 13.2. The first-order chi connectivity index (χ1) is 7.13. The zero-order valence-corrected chi connectivity index (χ0v) is 11.6. The van der Waals surface area contributed by atoms with Gasteiger partial charge in [0.05, 0.1) is 6.61 Å². The minimum atomic E-state index is 0.207. The van der Waals surface area contributed by atoms with Crippen molar-refractivity contribution in [3.8, 4) is 0 Å². The molecule has 0 aliphatic carbocycles. The molecule has 0 aromatic carbocycles. The Labute approximate surface area is 104 Å². The van der Waals surface area contributed by atoms with Crippen LogP contribution in [0.1, 0.15) is 25.1 Å². The number of hydrogen-bond donors (Lipinski definition) is 2. The largest absolute Gasteiger partial charge is 0.395 e. The van der Waals surface area contributed by atoms with E-state index < -0.39 is 0 Å². The molecule has 0 aliphatic rings. The van der Waals surface area contributed by atoms with Gasteiger partial charge in [0.15, 0.2) is 0 Å². The third-order valence-corrected chi connectivity index (χ3v) is 4.14. The van der Waals surface area contributed by atoms with Gasteiger partial charge in [0.25, 0.3) is 0 Å². The lowest BCUT2D eigenvalue weighted by atomic mass is 10.0. The standard InChI is InChI=1S/C11H18BrNOS/c1-8(2)5-9(7-14)13-6-11-10(12)3-4-15-11/h3-4,8-9,13-14H,5-7H2,1-2H3/t9-/m1/s1. The lowest BCUT2D eigenvalue weighted by Crippen LogP contribution is -2.33. The van der Waals surface area contributed by atoms with E-state index in [9.17, 15) is 5.11 Å². The van der Waals surface area contributed by atoms with Crippen molar-refractivity contribution in [3.05, 3.63) is 20.8 Å². The van der Waals surface area contributed by atoms with E-state index in [0.29, 0.717) is 5.92 Å². The highest BCUT2D eigenvalue weighted by atomic mass is 79.9. The van der Waals surface area contributed by atoms with E-state index in [4.69, 9.17) is 0 Å². The van der Waals surface area contributed by atoms with E-state index in [0.717, 1.165) is 17.4 Å². The molecule has 2 N–H and O–H groups in total. The molecule has 0 aliphatic heterocycles. The Morgan fingerprint density at radius 2 is 2.27 bits per heavy atom. The van der Waals surface area contributed by atoms with Crippen LogP contribution < -0.4 is 5.32 Å². The third-order valence-electron chi connectivity index (χ3n) is 2.22. The van der Waals surface area contributed by atoms with Crippen molar-refractivity contribution in [2.24, 2.45) is 5.92 Å². The molecule has 4 heteroatoms. The number of halogens is 1. The maximum absolute atomic E-state index is 9.20. The average Bonchev–Trinajstić information content (AvgIpc) is 2.58. The van der Waals surface area contributed by atoms with E-state index in [-0.39, 0.29) is 12.6 Å². The molecule has 1 aromatic rings. The van der Waals surface area contributed by atoms with Crippen LogP contribution in [0, 0.1) is 5.92 Å². The van der Waals surface area contributed by atoms with Gasteiger partial charge in [-0.15, -0.1) is 11.3 Å². The highest BCUT2D eigenvalue weighted by Gasteiger charge is 2.10. The Balaban J connectivity index is 2.37. The summed E-state index contributed by atoms with van der Waals surface area (Å²) >= 11 is 5.23. The quantitative estimate of drug-likeness (QED) is 0.845. The molecule has 1 atom stereocenters. The van der Waals surface area contributed by atoms with Gasteiger partial charge in [-0.05, 0) is 39.7 Å². The maximum Gasteiger partial charge on any atom is 0.0584 e. The van der Waals surface area contributed by atoms with Crippen LogP contribution in [0.4, 0.5) is 0 Å². The molecular formula is C11H18BrNOS. The summed E-state index contributed by atoms with van der Waals surface area (Å²) in [5, 5.41) is 14.6. The second kappa shape index (κ2) is 6.63. The minimum absolute atomic E-state index is 0.207. The summed E-state index contributed by atoms with van der Waals surface area (Å²) in [4.78, 5) is 1.29. The molecule has 1 rings (SSSR count). The molecule has 0 unspecified atom stereocenters. The summed E-state index contributed by atoms with van der Waals surface area (Å²) in [5.41, 5.74) is 0. The lowest BCUT2D eigenvalue weighted by Gasteiger charge is -2.17. The molecule has 0 saturated carbocycles. The Morgan fingerprint density at radius 1 is 1.53 bits per heavy atom. The molecule has 0 fully saturated rings. The highest BCUT2D eigenvalue weighted by molar-refractivity contribution is 9.10. The Bertz CT molecular complexity index is 288. The Hall–Kier alpha value is 0.100. The third kappa shape index (κ3) is 4.64. The van der Waals surface area contributed by atoms with Gasteiger partial charge in [-0.3, -0.25) is 0 Å². The van der Waals surface area contributed by atoms with E-state index in [1.165, 1.54) is 4.88 Å². The zero-order valence-electron chi connectivity index (χ0n) is 9.16. The Kier molecular flexibility index (Phi) is 5.82. The second-order valence-electron chi connectivity index (χ2n) is 4.08. The second-order valence-corrected chi connectivity index (χ2v) is 5.94. The van der Waals surface area contributed by atoms with E-state index in [2.05, 4.69) is 46.5 Å². The lowest BCUT2D eigenvalue weighted by molar-refractivity contribution is 0.224. The van der Waals surface area contributed by atoms with Crippen LogP contribution >= 0.6 is 27.3 Å². The first-order valence-electron chi connectivity index (χ1n) is 5.19. The molecule has 86 valence electrons. The van der Waals surface area contributed by atoms with Gasteiger partial charge in [-0.25, -0.2) is 0 Å². The molecule has 0 saturated heterocycles. The predicted molar refractivity (Wildman–Crippen MR) is 69.2 cm³/mol. The fourth-order valence-electron chi connectivity index (χ4n) is 1.48. The first-order valence-corrected chi connectivity index (χ1v) is 6.86. The molecule has 2 nitrogen and oxygen atoms in total. The number of thiophene rings is 1. The fourth-order valence-corrected chi connectivity index (χ4v) is 2.92.